The summed E-state index contributed by atoms with van der Waals surface area (Å²) in [7, 11) is 0. The normalized spacial score (nSPS) is 12.0. The van der Waals surface area contributed by atoms with Crippen molar-refractivity contribution in [3.8, 4) is 0 Å². The molecule has 1 radical (unpaired) electrons. The molecular formula is C3H7O2. The molecule has 0 aliphatic rings. The van der Waals surface area contributed by atoms with Crippen molar-refractivity contribution in [3.05, 3.63) is 0 Å². The van der Waals surface area contributed by atoms with Crippen molar-refractivity contribution in [2.45, 2.75) is 19.6 Å². The van der Waals surface area contributed by atoms with Crippen LogP contribution in [0.2, 0.25) is 0 Å². The van der Waals surface area contributed by atoms with Gasteiger partial charge in [-0.05, 0) is 13.8 Å². The summed E-state index contributed by atoms with van der Waals surface area (Å²) in [6.45, 7) is 2.38. The second kappa shape index (κ2) is 0.954. The van der Waals surface area contributed by atoms with Gasteiger partial charge >= 0.3 is 0 Å². The Hall–Kier alpha value is -0.0800. The van der Waals surface area contributed by atoms with Crippen LogP contribution < -0.4 is 0 Å². The number of hydrogen-bond donors (Lipinski definition) is 1. The highest BCUT2D eigenvalue weighted by Crippen LogP contribution is 1.89. The van der Waals surface area contributed by atoms with Gasteiger partial charge in [0.1, 0.15) is 0 Å². The maximum atomic E-state index is 9.66. The van der Waals surface area contributed by atoms with E-state index in [1.807, 2.05) is 0 Å². The molecule has 0 aliphatic carbocycles. The summed E-state index contributed by atoms with van der Waals surface area (Å²) >= 11 is 0. The molecule has 0 rings (SSSR count). The minimum absolute atomic E-state index is 1.19. The first-order valence-corrected chi connectivity index (χ1v) is 1.43. The minimum atomic E-state index is -1.75. The van der Waals surface area contributed by atoms with Crippen molar-refractivity contribution in [2.75, 3.05) is 0 Å². The predicted molar refractivity (Wildman–Crippen MR) is 17.0 cm³/mol. The van der Waals surface area contributed by atoms with Gasteiger partial charge in [-0.1, -0.05) is 0 Å². The molecule has 0 saturated carbocycles. The van der Waals surface area contributed by atoms with Crippen LogP contribution in [0.15, 0.2) is 0 Å². The van der Waals surface area contributed by atoms with Gasteiger partial charge in [0.25, 0.3) is 0 Å². The summed E-state index contributed by atoms with van der Waals surface area (Å²) in [5.41, 5.74) is 0. The van der Waals surface area contributed by atoms with E-state index in [-0.39, 0.29) is 0 Å². The van der Waals surface area contributed by atoms with Gasteiger partial charge in [0.15, 0.2) is 5.79 Å². The molecule has 1 N–H and O–H groups in total. The highest BCUT2D eigenvalue weighted by Gasteiger charge is 2.04. The highest BCUT2D eigenvalue weighted by atomic mass is 16.5. The smallest absolute Gasteiger partial charge is 0.193 e. The lowest BCUT2D eigenvalue weighted by atomic mass is 10.4. The molecule has 0 amide bonds. The SMILES string of the molecule is CC(C)([O])O. The lowest BCUT2D eigenvalue weighted by Gasteiger charge is -1.99. The Balaban J connectivity index is 3.02. The van der Waals surface area contributed by atoms with Crippen molar-refractivity contribution in [2.24, 2.45) is 0 Å². The maximum absolute atomic E-state index is 9.66. The van der Waals surface area contributed by atoms with Crippen molar-refractivity contribution in [3.63, 3.8) is 0 Å². The summed E-state index contributed by atoms with van der Waals surface area (Å²) in [6.07, 6.45) is 0. The molecule has 5 heavy (non-hydrogen) atoms. The Morgan fingerprint density at radius 2 is 1.60 bits per heavy atom. The van der Waals surface area contributed by atoms with E-state index in [9.17, 15) is 5.11 Å². The highest BCUT2D eigenvalue weighted by molar-refractivity contribution is 4.36. The molecule has 0 aliphatic heterocycles. The molecule has 0 aromatic rings. The van der Waals surface area contributed by atoms with Crippen molar-refractivity contribution in [1.29, 1.82) is 0 Å². The first-order chi connectivity index (χ1) is 2.00. The summed E-state index contributed by atoms with van der Waals surface area (Å²) in [5, 5.41) is 17.6. The first kappa shape index (κ1) is 4.92. The molecule has 31 valence electrons. The van der Waals surface area contributed by atoms with Crippen LogP contribution in [0.1, 0.15) is 13.8 Å². The van der Waals surface area contributed by atoms with E-state index in [1.54, 1.807) is 0 Å². The van der Waals surface area contributed by atoms with Gasteiger partial charge in [0, 0.05) is 0 Å². The fraction of sp³-hybridized carbons (Fsp3) is 1.00. The molecule has 0 saturated heterocycles. The number of aliphatic hydroxyl groups is 1. The Morgan fingerprint density at radius 1 is 1.60 bits per heavy atom. The second-order valence-electron chi connectivity index (χ2n) is 1.45. The third kappa shape index (κ3) is 2260. The molecule has 2 heteroatoms. The largest absolute Gasteiger partial charge is 0.364 e. The van der Waals surface area contributed by atoms with E-state index >= 15 is 0 Å². The van der Waals surface area contributed by atoms with E-state index < -0.39 is 5.79 Å². The van der Waals surface area contributed by atoms with Crippen LogP contribution in [-0.4, -0.2) is 10.9 Å². The zero-order chi connectivity index (χ0) is 4.50. The van der Waals surface area contributed by atoms with Gasteiger partial charge in [-0.2, -0.15) is 5.11 Å². The van der Waals surface area contributed by atoms with Crippen LogP contribution in [-0.2, 0) is 5.11 Å². The molecule has 0 aromatic heterocycles. The lowest BCUT2D eigenvalue weighted by Crippen LogP contribution is -2.13. The summed E-state index contributed by atoms with van der Waals surface area (Å²) in [5.74, 6) is -1.75. The van der Waals surface area contributed by atoms with Crippen molar-refractivity contribution in [1.82, 2.24) is 0 Å². The molecule has 0 atom stereocenters. The summed E-state index contributed by atoms with van der Waals surface area (Å²) in [6, 6.07) is 0. The van der Waals surface area contributed by atoms with Crippen LogP contribution in [0.4, 0.5) is 0 Å². The van der Waals surface area contributed by atoms with Crippen LogP contribution >= 0.6 is 0 Å². The maximum Gasteiger partial charge on any atom is 0.193 e. The minimum Gasteiger partial charge on any atom is -0.364 e. The molecule has 0 aromatic carbocycles. The van der Waals surface area contributed by atoms with E-state index in [0.29, 0.717) is 0 Å². The number of hydrogen-bond acceptors (Lipinski definition) is 1. The Bertz CT molecular complexity index is 20.4. The zero-order valence-corrected chi connectivity index (χ0v) is 3.36. The van der Waals surface area contributed by atoms with Crippen molar-refractivity contribution < 1.29 is 10.2 Å². The Kier molecular flexibility index (Phi) is 0.938. The molecule has 0 unspecified atom stereocenters. The van der Waals surface area contributed by atoms with E-state index in [1.165, 1.54) is 13.8 Å². The fourth-order valence-electron chi connectivity index (χ4n) is 0. The van der Waals surface area contributed by atoms with Gasteiger partial charge in [-0.15, -0.1) is 0 Å². The molecule has 0 fully saturated rings. The third-order valence-corrected chi connectivity index (χ3v) is 0. The van der Waals surface area contributed by atoms with Crippen LogP contribution in [0.25, 0.3) is 0 Å². The standard InChI is InChI=1S/C3H7O2/c1-3(2,4)5/h4H,1-2H3. The van der Waals surface area contributed by atoms with Crippen LogP contribution in [0.3, 0.4) is 0 Å². The predicted octanol–water partition coefficient (Wildman–Crippen LogP) is 0.145. The van der Waals surface area contributed by atoms with Gasteiger partial charge in [0.05, 0.1) is 0 Å². The molecule has 0 bridgehead atoms. The van der Waals surface area contributed by atoms with E-state index in [2.05, 4.69) is 0 Å². The van der Waals surface area contributed by atoms with Crippen LogP contribution in [0, 0.1) is 0 Å². The van der Waals surface area contributed by atoms with E-state index in [0.717, 1.165) is 0 Å². The third-order valence-electron chi connectivity index (χ3n) is 0. The van der Waals surface area contributed by atoms with Gasteiger partial charge in [-0.25, -0.2) is 0 Å². The van der Waals surface area contributed by atoms with Gasteiger partial charge in [0.2, 0.25) is 0 Å². The molecule has 2 nitrogen and oxygen atoms in total. The van der Waals surface area contributed by atoms with Gasteiger partial charge in [-0.3, -0.25) is 0 Å². The molecule has 0 heterocycles. The summed E-state index contributed by atoms with van der Waals surface area (Å²) < 4.78 is 0. The Labute approximate surface area is 31.1 Å². The average molecular weight is 75.1 g/mol. The molecule has 0 spiro atoms. The lowest BCUT2D eigenvalue weighted by molar-refractivity contribution is -0.174. The van der Waals surface area contributed by atoms with Crippen molar-refractivity contribution >= 4 is 0 Å². The van der Waals surface area contributed by atoms with Crippen LogP contribution in [0.5, 0.6) is 0 Å². The second-order valence-corrected chi connectivity index (χ2v) is 1.45. The summed E-state index contributed by atoms with van der Waals surface area (Å²) in [4.78, 5) is 0. The topological polar surface area (TPSA) is 40.1 Å². The fourth-order valence-corrected chi connectivity index (χ4v) is 0. The number of rotatable bonds is 0. The molecular weight excluding hydrogens is 68.0 g/mol. The zero-order valence-electron chi connectivity index (χ0n) is 3.36. The Morgan fingerprint density at radius 3 is 1.60 bits per heavy atom. The average Bonchev–Trinajstić information content (AvgIpc) is 0.722. The first-order valence-electron chi connectivity index (χ1n) is 1.43. The van der Waals surface area contributed by atoms with Gasteiger partial charge < -0.3 is 5.11 Å². The monoisotopic (exact) mass is 75.0 g/mol. The van der Waals surface area contributed by atoms with E-state index in [4.69, 9.17) is 5.11 Å². The quantitative estimate of drug-likeness (QED) is 0.409.